The van der Waals surface area contributed by atoms with Crippen LogP contribution in [0.4, 0.5) is 46.3 Å². The molecule has 0 bridgehead atoms. The maximum atomic E-state index is 11.3. The van der Waals surface area contributed by atoms with Crippen LogP contribution in [0.2, 0.25) is 5.02 Å². The number of rotatable bonds is 10. The first-order valence-electron chi connectivity index (χ1n) is 14.1. The molecule has 4 aromatic carbocycles. The number of nitro groups is 3. The van der Waals surface area contributed by atoms with E-state index < -0.39 is 14.8 Å². The Morgan fingerprint density at radius 3 is 1.84 bits per heavy atom. The molecule has 0 saturated carbocycles. The fourth-order valence-corrected chi connectivity index (χ4v) is 6.00. The largest absolute Gasteiger partial charge is 0.334 e. The van der Waals surface area contributed by atoms with Crippen LogP contribution in [0.1, 0.15) is 16.4 Å². The summed E-state index contributed by atoms with van der Waals surface area (Å²) >= 11 is 7.87. The summed E-state index contributed by atoms with van der Waals surface area (Å²) in [6.45, 7) is 0. The van der Waals surface area contributed by atoms with Crippen molar-refractivity contribution in [1.29, 1.82) is 0 Å². The highest BCUT2D eigenvalue weighted by Gasteiger charge is 2.24. The number of nitro benzene ring substituents is 3. The quantitative estimate of drug-likeness (QED) is 0.0937. The van der Waals surface area contributed by atoms with E-state index in [-0.39, 0.29) is 40.2 Å². The van der Waals surface area contributed by atoms with Gasteiger partial charge >= 0.3 is 0 Å². The monoisotopic (exact) mass is 696 g/mol. The molecule has 1 aliphatic rings. The Labute approximate surface area is 285 Å². The maximum Gasteiger partial charge on any atom is 0.271 e. The molecule has 0 spiro atoms. The number of nitrogens with zero attached hydrogens (tertiary/aromatic N) is 7. The zero-order valence-corrected chi connectivity index (χ0v) is 26.3. The first kappa shape index (κ1) is 32.5. The van der Waals surface area contributed by atoms with Crippen molar-refractivity contribution >= 4 is 80.5 Å². The molecule has 49 heavy (non-hydrogen) atoms. The Balaban J connectivity index is 1.40. The summed E-state index contributed by atoms with van der Waals surface area (Å²) in [5, 5.41) is 43.6. The van der Waals surface area contributed by atoms with Crippen molar-refractivity contribution in [1.82, 2.24) is 20.3 Å². The SMILES string of the molecule is O=[N+]([O-])c1ccc(C2=CC(c3ccccc3Cl)S/C(=N\c3nc(Nc4cccc([N+](=O)[O-])c4)nc(Nc4cccc([N+](=O)[O-])c4)n3)N2)cc1. The molecule has 18 heteroatoms. The molecule has 0 aliphatic carbocycles. The van der Waals surface area contributed by atoms with Crippen molar-refractivity contribution in [3.63, 3.8) is 0 Å². The molecule has 0 radical (unpaired) electrons. The third-order valence-corrected chi connectivity index (χ3v) is 8.26. The van der Waals surface area contributed by atoms with Gasteiger partial charge in [-0.05, 0) is 47.5 Å². The highest BCUT2D eigenvalue weighted by Crippen LogP contribution is 2.40. The van der Waals surface area contributed by atoms with E-state index in [9.17, 15) is 30.3 Å². The second-order valence-corrected chi connectivity index (χ2v) is 11.7. The third kappa shape index (κ3) is 7.92. The minimum Gasteiger partial charge on any atom is -0.334 e. The van der Waals surface area contributed by atoms with Gasteiger partial charge in [-0.2, -0.15) is 19.9 Å². The third-order valence-electron chi connectivity index (χ3n) is 6.85. The van der Waals surface area contributed by atoms with Gasteiger partial charge in [-0.1, -0.05) is 53.7 Å². The number of aromatic nitrogens is 3. The van der Waals surface area contributed by atoms with Crippen LogP contribution in [0, 0.1) is 30.3 Å². The van der Waals surface area contributed by atoms with Crippen LogP contribution in [0.25, 0.3) is 5.70 Å². The molecule has 0 saturated heterocycles. The summed E-state index contributed by atoms with van der Waals surface area (Å²) in [5.41, 5.74) is 2.27. The van der Waals surface area contributed by atoms with Crippen molar-refractivity contribution in [3.05, 3.63) is 150 Å². The number of hydrogen-bond acceptors (Lipinski definition) is 13. The van der Waals surface area contributed by atoms with Crippen LogP contribution in [0.3, 0.4) is 0 Å². The van der Waals surface area contributed by atoms with Crippen LogP contribution >= 0.6 is 23.4 Å². The molecule has 244 valence electrons. The minimum atomic E-state index is -0.539. The number of benzene rings is 4. The Morgan fingerprint density at radius 1 is 0.714 bits per heavy atom. The summed E-state index contributed by atoms with van der Waals surface area (Å²) in [6.07, 6.45) is 1.92. The second-order valence-electron chi connectivity index (χ2n) is 10.1. The van der Waals surface area contributed by atoms with E-state index in [0.29, 0.717) is 32.8 Å². The molecule has 3 N–H and O–H groups in total. The molecule has 1 aromatic heterocycles. The predicted octanol–water partition coefficient (Wildman–Crippen LogP) is 7.84. The molecule has 1 unspecified atom stereocenters. The van der Waals surface area contributed by atoms with Gasteiger partial charge in [-0.25, -0.2) is 0 Å². The second kappa shape index (κ2) is 14.1. The smallest absolute Gasteiger partial charge is 0.271 e. The average Bonchev–Trinajstić information content (AvgIpc) is 3.08. The van der Waals surface area contributed by atoms with E-state index in [4.69, 9.17) is 11.6 Å². The van der Waals surface area contributed by atoms with Gasteiger partial charge in [-0.3, -0.25) is 30.3 Å². The van der Waals surface area contributed by atoms with Gasteiger partial charge in [0.2, 0.25) is 11.9 Å². The molecule has 16 nitrogen and oxygen atoms in total. The predicted molar refractivity (Wildman–Crippen MR) is 186 cm³/mol. The molecule has 5 aromatic rings. The number of hydrogen-bond donors (Lipinski definition) is 3. The van der Waals surface area contributed by atoms with E-state index in [1.54, 1.807) is 30.3 Å². The Morgan fingerprint density at radius 2 is 1.29 bits per heavy atom. The summed E-state index contributed by atoms with van der Waals surface area (Å²) in [6, 6.07) is 24.7. The van der Waals surface area contributed by atoms with Crippen molar-refractivity contribution in [2.24, 2.45) is 4.99 Å². The lowest BCUT2D eigenvalue weighted by Gasteiger charge is -2.25. The topological polar surface area (TPSA) is 217 Å². The average molecular weight is 697 g/mol. The van der Waals surface area contributed by atoms with Crippen molar-refractivity contribution < 1.29 is 14.8 Å². The lowest BCUT2D eigenvalue weighted by atomic mass is 10.1. The molecule has 2 heterocycles. The van der Waals surface area contributed by atoms with Crippen LogP contribution in [0.15, 0.2) is 108 Å². The zero-order chi connectivity index (χ0) is 34.5. The number of anilines is 4. The Hall–Kier alpha value is -6.46. The highest BCUT2D eigenvalue weighted by molar-refractivity contribution is 8.14. The normalized spacial score (nSPS) is 14.8. The standard InChI is InChI=1S/C31H21ClN10O6S/c32-25-10-2-1-9-24(25)27-17-26(18-11-13-21(14-12-18)40(43)44)35-31(49-27)39-30-37-28(33-19-5-3-7-22(15-19)41(45)46)36-29(38-30)34-20-6-4-8-23(16-20)42(47)48/h1-17,27H,(H3,33,34,35,36,37,38,39). The number of aliphatic imine (C=N–C) groups is 1. The fourth-order valence-electron chi connectivity index (χ4n) is 4.61. The number of amidine groups is 1. The van der Waals surface area contributed by atoms with Gasteiger partial charge in [0.1, 0.15) is 0 Å². The van der Waals surface area contributed by atoms with Gasteiger partial charge in [0, 0.05) is 58.5 Å². The number of thioether (sulfide) groups is 1. The van der Waals surface area contributed by atoms with Gasteiger partial charge in [-0.15, -0.1) is 0 Å². The van der Waals surface area contributed by atoms with Crippen LogP contribution in [0.5, 0.6) is 0 Å². The van der Waals surface area contributed by atoms with E-state index in [1.165, 1.54) is 60.3 Å². The number of halogens is 1. The number of non-ortho nitro benzene ring substituents is 3. The van der Waals surface area contributed by atoms with E-state index in [2.05, 4.69) is 35.9 Å². The summed E-state index contributed by atoms with van der Waals surface area (Å²) < 4.78 is 0. The summed E-state index contributed by atoms with van der Waals surface area (Å²) in [5.74, 6) is -0.150. The van der Waals surface area contributed by atoms with Gasteiger partial charge < -0.3 is 16.0 Å². The van der Waals surface area contributed by atoms with Crippen LogP contribution < -0.4 is 16.0 Å². The maximum absolute atomic E-state index is 11.3. The van der Waals surface area contributed by atoms with E-state index >= 15 is 0 Å². The summed E-state index contributed by atoms with van der Waals surface area (Å²) in [7, 11) is 0. The van der Waals surface area contributed by atoms with E-state index in [1.807, 2.05) is 24.3 Å². The highest BCUT2D eigenvalue weighted by atomic mass is 35.5. The molecular formula is C31H21ClN10O6S. The first-order chi connectivity index (χ1) is 23.6. The fraction of sp³-hybridized carbons (Fsp3) is 0.0323. The lowest BCUT2D eigenvalue weighted by Crippen LogP contribution is -2.24. The molecule has 0 amide bonds. The van der Waals surface area contributed by atoms with E-state index in [0.717, 1.165) is 5.56 Å². The molecule has 0 fully saturated rings. The van der Waals surface area contributed by atoms with Crippen molar-refractivity contribution in [2.75, 3.05) is 10.6 Å². The molecule has 6 rings (SSSR count). The Kier molecular flexibility index (Phi) is 9.36. The zero-order valence-electron chi connectivity index (χ0n) is 24.8. The lowest BCUT2D eigenvalue weighted by molar-refractivity contribution is -0.385. The van der Waals surface area contributed by atoms with Gasteiger partial charge in [0.25, 0.3) is 23.0 Å². The van der Waals surface area contributed by atoms with Gasteiger partial charge in [0.05, 0.1) is 20.0 Å². The first-order valence-corrected chi connectivity index (χ1v) is 15.4. The minimum absolute atomic E-state index is 0.0302. The number of nitrogens with one attached hydrogen (secondary N) is 3. The van der Waals surface area contributed by atoms with Crippen molar-refractivity contribution in [3.8, 4) is 0 Å². The Bertz CT molecular complexity index is 2090. The molecule has 1 aliphatic heterocycles. The summed E-state index contributed by atoms with van der Waals surface area (Å²) in [4.78, 5) is 50.2. The van der Waals surface area contributed by atoms with Crippen molar-refractivity contribution in [2.45, 2.75) is 5.25 Å². The molecule has 1 atom stereocenters. The van der Waals surface area contributed by atoms with Crippen LogP contribution in [-0.2, 0) is 0 Å². The van der Waals surface area contributed by atoms with Crippen LogP contribution in [-0.4, -0.2) is 34.9 Å². The molecular weight excluding hydrogens is 676 g/mol. The van der Waals surface area contributed by atoms with Gasteiger partial charge in [0.15, 0.2) is 5.17 Å².